The van der Waals surface area contributed by atoms with Crippen molar-refractivity contribution in [2.75, 3.05) is 5.32 Å². The molecule has 2 rings (SSSR count). The molecule has 1 aromatic rings. The number of anilines is 1. The zero-order chi connectivity index (χ0) is 9.42. The first-order valence-electron chi connectivity index (χ1n) is 3.94. The average molecular weight is 261 g/mol. The molecule has 1 amide bonds. The predicted molar refractivity (Wildman–Crippen MR) is 54.9 cm³/mol. The van der Waals surface area contributed by atoms with Gasteiger partial charge >= 0.3 is 87.7 Å². The van der Waals surface area contributed by atoms with Crippen molar-refractivity contribution in [1.82, 2.24) is 0 Å². The molecule has 4 heteroatoms. The topological polar surface area (TPSA) is 29.1 Å². The number of benzene rings is 1. The molecule has 0 spiro atoms. The molecule has 68 valence electrons. The minimum absolute atomic E-state index is 0.106. The number of nitrogens with one attached hydrogen (secondary N) is 1. The van der Waals surface area contributed by atoms with Crippen molar-refractivity contribution in [1.29, 1.82) is 0 Å². The fourth-order valence-corrected chi connectivity index (χ4v) is 3.31. The summed E-state index contributed by atoms with van der Waals surface area (Å²) in [6.07, 6.45) is 0. The van der Waals surface area contributed by atoms with Gasteiger partial charge in [-0.05, 0) is 0 Å². The number of halogens is 1. The van der Waals surface area contributed by atoms with Crippen LogP contribution in [0.15, 0.2) is 18.2 Å². The van der Waals surface area contributed by atoms with Gasteiger partial charge in [-0.1, -0.05) is 0 Å². The molecule has 0 aliphatic carbocycles. The van der Waals surface area contributed by atoms with Crippen molar-refractivity contribution in [3.63, 3.8) is 0 Å². The van der Waals surface area contributed by atoms with E-state index in [0.717, 1.165) is 5.69 Å². The molecular weight excluding hydrogens is 253 g/mol. The summed E-state index contributed by atoms with van der Waals surface area (Å²) in [5, 5.41) is 3.51. The molecular formula is C9H8ClNOSe. The maximum absolute atomic E-state index is 11.3. The van der Waals surface area contributed by atoms with Crippen molar-refractivity contribution in [3.8, 4) is 0 Å². The first-order valence-corrected chi connectivity index (χ1v) is 6.16. The summed E-state index contributed by atoms with van der Waals surface area (Å²) in [6, 6.07) is 5.67. The third-order valence-electron chi connectivity index (χ3n) is 1.87. The van der Waals surface area contributed by atoms with E-state index in [1.807, 2.05) is 25.1 Å². The average Bonchev–Trinajstić information content (AvgIpc) is 2.08. The third-order valence-corrected chi connectivity index (χ3v) is 4.58. The Kier molecular flexibility index (Phi) is 2.33. The SMILES string of the molecule is CC1[Se]c2ccc(Cl)cc2NC1=O. The molecule has 0 fully saturated rings. The van der Waals surface area contributed by atoms with Crippen molar-refractivity contribution in [2.24, 2.45) is 0 Å². The summed E-state index contributed by atoms with van der Waals surface area (Å²) in [5.74, 6) is 0.106. The molecule has 1 aromatic carbocycles. The van der Waals surface area contributed by atoms with Gasteiger partial charge in [-0.15, -0.1) is 0 Å². The van der Waals surface area contributed by atoms with Gasteiger partial charge in [0.2, 0.25) is 0 Å². The predicted octanol–water partition coefficient (Wildman–Crippen LogP) is 1.43. The molecule has 1 unspecified atom stereocenters. The molecule has 0 saturated carbocycles. The molecule has 1 aliphatic rings. The maximum atomic E-state index is 11.3. The van der Waals surface area contributed by atoms with Gasteiger partial charge in [-0.2, -0.15) is 0 Å². The van der Waals surface area contributed by atoms with Crippen LogP contribution in [0.5, 0.6) is 0 Å². The second-order valence-electron chi connectivity index (χ2n) is 2.89. The van der Waals surface area contributed by atoms with Gasteiger partial charge in [0.1, 0.15) is 0 Å². The fourth-order valence-electron chi connectivity index (χ4n) is 1.18. The Morgan fingerprint density at radius 2 is 2.31 bits per heavy atom. The fraction of sp³-hybridized carbons (Fsp3) is 0.222. The summed E-state index contributed by atoms with van der Waals surface area (Å²) < 4.78 is 1.23. The van der Waals surface area contributed by atoms with E-state index in [1.54, 1.807) is 0 Å². The van der Waals surface area contributed by atoms with Crippen LogP contribution in [-0.2, 0) is 4.79 Å². The molecule has 1 atom stereocenters. The van der Waals surface area contributed by atoms with Gasteiger partial charge in [0.25, 0.3) is 0 Å². The summed E-state index contributed by atoms with van der Waals surface area (Å²) in [7, 11) is 0. The van der Waals surface area contributed by atoms with E-state index in [4.69, 9.17) is 11.6 Å². The van der Waals surface area contributed by atoms with Gasteiger partial charge < -0.3 is 0 Å². The second-order valence-corrected chi connectivity index (χ2v) is 6.23. The van der Waals surface area contributed by atoms with Crippen LogP contribution in [0.1, 0.15) is 6.92 Å². The van der Waals surface area contributed by atoms with Crippen LogP contribution in [0.3, 0.4) is 0 Å². The van der Waals surface area contributed by atoms with Crippen LogP contribution in [-0.4, -0.2) is 20.9 Å². The number of hydrogen-bond acceptors (Lipinski definition) is 1. The number of amides is 1. The summed E-state index contributed by atoms with van der Waals surface area (Å²) >= 11 is 6.05. The zero-order valence-electron chi connectivity index (χ0n) is 7.00. The van der Waals surface area contributed by atoms with Gasteiger partial charge in [0.05, 0.1) is 0 Å². The van der Waals surface area contributed by atoms with Crippen molar-refractivity contribution in [2.45, 2.75) is 11.7 Å². The van der Waals surface area contributed by atoms with E-state index < -0.39 is 0 Å². The third kappa shape index (κ3) is 1.73. The number of fused-ring (bicyclic) bond motifs is 1. The first-order chi connectivity index (χ1) is 6.16. The van der Waals surface area contributed by atoms with Crippen LogP contribution in [0.4, 0.5) is 5.69 Å². The van der Waals surface area contributed by atoms with E-state index in [9.17, 15) is 4.79 Å². The van der Waals surface area contributed by atoms with Crippen LogP contribution < -0.4 is 9.78 Å². The number of rotatable bonds is 0. The molecule has 1 aliphatic heterocycles. The summed E-state index contributed by atoms with van der Waals surface area (Å²) in [5.41, 5.74) is 0.885. The Hall–Kier alpha value is -0.501. The number of hydrogen-bond donors (Lipinski definition) is 1. The van der Waals surface area contributed by atoms with Crippen molar-refractivity contribution >= 4 is 42.6 Å². The van der Waals surface area contributed by atoms with E-state index in [2.05, 4.69) is 5.32 Å². The number of carbonyl (C=O) groups is 1. The monoisotopic (exact) mass is 261 g/mol. The van der Waals surface area contributed by atoms with E-state index in [1.165, 1.54) is 4.46 Å². The molecule has 0 radical (unpaired) electrons. The molecule has 0 bridgehead atoms. The van der Waals surface area contributed by atoms with Crippen LogP contribution >= 0.6 is 11.6 Å². The quantitative estimate of drug-likeness (QED) is 0.703. The van der Waals surface area contributed by atoms with Crippen molar-refractivity contribution in [3.05, 3.63) is 23.2 Å². The molecule has 1 N–H and O–H groups in total. The number of carbonyl (C=O) groups excluding carboxylic acids is 1. The first kappa shape index (κ1) is 9.07. The zero-order valence-corrected chi connectivity index (χ0v) is 9.47. The molecule has 13 heavy (non-hydrogen) atoms. The molecule has 0 aromatic heterocycles. The second kappa shape index (κ2) is 3.33. The Labute approximate surface area is 87.8 Å². The van der Waals surface area contributed by atoms with Gasteiger partial charge in [0.15, 0.2) is 0 Å². The van der Waals surface area contributed by atoms with Crippen LogP contribution in [0.25, 0.3) is 0 Å². The van der Waals surface area contributed by atoms with Gasteiger partial charge in [-0.25, -0.2) is 0 Å². The Bertz CT molecular complexity index is 367. The summed E-state index contributed by atoms with van der Waals surface area (Å²) in [6.45, 7) is 1.95. The standard InChI is InChI=1S/C9H8ClNOSe/c1-5-9(12)11-7-4-6(10)2-3-8(7)13-5/h2-5H,1H3,(H,11,12). The van der Waals surface area contributed by atoms with Gasteiger partial charge in [-0.3, -0.25) is 0 Å². The van der Waals surface area contributed by atoms with Crippen LogP contribution in [0, 0.1) is 0 Å². The Morgan fingerprint density at radius 1 is 1.54 bits per heavy atom. The molecule has 0 saturated heterocycles. The molecule has 1 heterocycles. The van der Waals surface area contributed by atoms with E-state index >= 15 is 0 Å². The van der Waals surface area contributed by atoms with Crippen molar-refractivity contribution < 1.29 is 4.79 Å². The minimum atomic E-state index is 0.106. The summed E-state index contributed by atoms with van der Waals surface area (Å²) in [4.78, 5) is 11.5. The molecule has 2 nitrogen and oxygen atoms in total. The van der Waals surface area contributed by atoms with E-state index in [-0.39, 0.29) is 25.7 Å². The van der Waals surface area contributed by atoms with Gasteiger partial charge in [0, 0.05) is 0 Å². The normalized spacial score (nSPS) is 20.8. The Balaban J connectivity index is 2.42. The van der Waals surface area contributed by atoms with E-state index in [0.29, 0.717) is 5.02 Å². The Morgan fingerprint density at radius 3 is 3.08 bits per heavy atom. The van der Waals surface area contributed by atoms with Crippen LogP contribution in [0.2, 0.25) is 9.84 Å².